The lowest BCUT2D eigenvalue weighted by atomic mass is 9.80. The van der Waals surface area contributed by atoms with E-state index in [2.05, 4.69) is 82.7 Å². The molecular weight excluding hydrogens is 613 g/mol. The van der Waals surface area contributed by atoms with Crippen molar-refractivity contribution < 1.29 is 27.9 Å². The lowest BCUT2D eigenvalue weighted by Crippen LogP contribution is -2.61. The van der Waals surface area contributed by atoms with Crippen LogP contribution in [-0.2, 0) is 22.8 Å². The molecule has 0 amide bonds. The van der Waals surface area contributed by atoms with Gasteiger partial charge in [-0.25, -0.2) is 0 Å². The second-order valence-corrected chi connectivity index (χ2v) is 29.0. The summed E-state index contributed by atoms with van der Waals surface area (Å²) in [6.45, 7) is 30.7. The summed E-state index contributed by atoms with van der Waals surface area (Å²) in [7, 11) is -5.42. The van der Waals surface area contributed by atoms with Gasteiger partial charge in [-0.05, 0) is 86.5 Å². The second-order valence-electron chi connectivity index (χ2n) is 14.8. The summed E-state index contributed by atoms with van der Waals surface area (Å²) in [5, 5.41) is 10.0. The molecule has 1 N–H and O–H groups in total. The molecule has 1 spiro atoms. The number of ether oxygens (including phenoxy) is 2. The maximum atomic E-state index is 10.0. The van der Waals surface area contributed by atoms with Crippen molar-refractivity contribution in [2.24, 2.45) is 5.92 Å². The molecular formula is C36H74O6Si3. The SMILES string of the molecule is C=C(C[C@H]1C[C@](C)(O[Si](CC)(CC)CC)C[C@]2(C[C@@H](O[Si](CC)(CC)CC)C[C@H](CCO)O2)O1)[C@@H](C)CO[Si](CC)(CC)CC. The molecule has 0 radical (unpaired) electrons. The lowest BCUT2D eigenvalue weighted by Gasteiger charge is -2.55. The Hall–Kier alpha value is 0.151. The van der Waals surface area contributed by atoms with Crippen LogP contribution in [0.15, 0.2) is 12.2 Å². The van der Waals surface area contributed by atoms with Gasteiger partial charge in [0.1, 0.15) is 0 Å². The Labute approximate surface area is 282 Å². The van der Waals surface area contributed by atoms with E-state index in [1.807, 2.05) is 0 Å². The zero-order valence-corrected chi connectivity index (χ0v) is 34.5. The molecule has 0 aliphatic carbocycles. The van der Waals surface area contributed by atoms with E-state index in [1.165, 1.54) is 5.57 Å². The van der Waals surface area contributed by atoms with Crippen LogP contribution in [0.5, 0.6) is 0 Å². The molecule has 2 aliphatic rings. The first-order valence-electron chi connectivity index (χ1n) is 18.9. The van der Waals surface area contributed by atoms with Crippen molar-refractivity contribution in [2.45, 2.75) is 199 Å². The highest BCUT2D eigenvalue weighted by molar-refractivity contribution is 6.74. The molecule has 9 heteroatoms. The van der Waals surface area contributed by atoms with Crippen LogP contribution in [0.4, 0.5) is 0 Å². The monoisotopic (exact) mass is 686 g/mol. The summed E-state index contributed by atoms with van der Waals surface area (Å²) in [6, 6.07) is 10.2. The number of rotatable bonds is 21. The lowest BCUT2D eigenvalue weighted by molar-refractivity contribution is -0.347. The van der Waals surface area contributed by atoms with E-state index in [4.69, 9.17) is 22.8 Å². The van der Waals surface area contributed by atoms with E-state index in [1.54, 1.807) is 0 Å². The van der Waals surface area contributed by atoms with Gasteiger partial charge in [0.05, 0.1) is 23.9 Å². The van der Waals surface area contributed by atoms with Crippen LogP contribution in [0, 0.1) is 5.92 Å². The highest BCUT2D eigenvalue weighted by Gasteiger charge is 2.55. The Bertz CT molecular complexity index is 852. The van der Waals surface area contributed by atoms with Crippen LogP contribution in [-0.4, -0.2) is 73.0 Å². The van der Waals surface area contributed by atoms with Gasteiger partial charge in [-0.3, -0.25) is 0 Å². The van der Waals surface area contributed by atoms with E-state index < -0.39 is 30.7 Å². The van der Waals surface area contributed by atoms with E-state index >= 15 is 0 Å². The molecule has 0 saturated carbocycles. The normalized spacial score (nSPS) is 28.8. The third-order valence-electron chi connectivity index (χ3n) is 12.1. The van der Waals surface area contributed by atoms with Crippen LogP contribution in [0.3, 0.4) is 0 Å². The molecule has 6 nitrogen and oxygen atoms in total. The molecule has 0 aromatic rings. The zero-order valence-electron chi connectivity index (χ0n) is 31.5. The van der Waals surface area contributed by atoms with Gasteiger partial charge < -0.3 is 27.9 Å². The molecule has 0 aromatic heterocycles. The third kappa shape index (κ3) is 10.8. The summed E-state index contributed by atoms with van der Waals surface area (Å²) < 4.78 is 35.4. The number of hydrogen-bond donors (Lipinski definition) is 1. The van der Waals surface area contributed by atoms with E-state index in [0.717, 1.165) is 86.7 Å². The largest absolute Gasteiger partial charge is 0.416 e. The van der Waals surface area contributed by atoms with Gasteiger partial charge in [0, 0.05) is 32.5 Å². The molecule has 0 aromatic carbocycles. The first kappa shape index (κ1) is 41.3. The van der Waals surface area contributed by atoms with Crippen molar-refractivity contribution in [1.82, 2.24) is 0 Å². The molecule has 6 atom stereocenters. The summed E-state index contributed by atoms with van der Waals surface area (Å²) in [4.78, 5) is 0. The fourth-order valence-electron chi connectivity index (χ4n) is 8.24. The van der Waals surface area contributed by atoms with Gasteiger partial charge in [-0.15, -0.1) is 0 Å². The van der Waals surface area contributed by atoms with Gasteiger partial charge in [-0.2, -0.15) is 0 Å². The van der Waals surface area contributed by atoms with Crippen molar-refractivity contribution in [2.75, 3.05) is 13.2 Å². The van der Waals surface area contributed by atoms with Gasteiger partial charge in [0.15, 0.2) is 30.7 Å². The topological polar surface area (TPSA) is 66.4 Å². The van der Waals surface area contributed by atoms with Crippen molar-refractivity contribution in [3.8, 4) is 0 Å². The molecule has 0 unspecified atom stereocenters. The quantitative estimate of drug-likeness (QED) is 0.0958. The second kappa shape index (κ2) is 18.2. The molecule has 0 bridgehead atoms. The zero-order chi connectivity index (χ0) is 33.9. The standard InChI is InChI=1S/C36H74O6Si3/c1-13-43(14-2,15-3)38-28-31(11)30(10)24-33-26-35(12,42-45(19-7,20-8)21-9)29-36(40-33)27-34(25-32(39-36)22-23-37)41-44(16-4,17-5)18-6/h31-34,37H,10,13-29H2,1-9,11-12H3/t31-,32-,33-,34-,35-,36-/m0/s1. The first-order chi connectivity index (χ1) is 21.3. The summed E-state index contributed by atoms with van der Waals surface area (Å²) >= 11 is 0. The number of aliphatic hydroxyl groups excluding tert-OH is 1. The van der Waals surface area contributed by atoms with Crippen molar-refractivity contribution in [3.05, 3.63) is 12.2 Å². The summed E-state index contributed by atoms with van der Waals surface area (Å²) in [5.74, 6) is -0.527. The minimum Gasteiger partial charge on any atom is -0.416 e. The van der Waals surface area contributed by atoms with Crippen LogP contribution >= 0.6 is 0 Å². The fourth-order valence-corrected chi connectivity index (χ4v) is 17.0. The van der Waals surface area contributed by atoms with Gasteiger partial charge in [0.2, 0.25) is 0 Å². The molecule has 45 heavy (non-hydrogen) atoms. The predicted molar refractivity (Wildman–Crippen MR) is 197 cm³/mol. The Balaban J connectivity index is 2.43. The average Bonchev–Trinajstić information content (AvgIpc) is 3.03. The van der Waals surface area contributed by atoms with Gasteiger partial charge >= 0.3 is 0 Å². The van der Waals surface area contributed by atoms with Crippen molar-refractivity contribution in [1.29, 1.82) is 0 Å². The first-order valence-corrected chi connectivity index (χ1v) is 26.5. The summed E-state index contributed by atoms with van der Waals surface area (Å²) in [6.07, 6.45) is 4.38. The Morgan fingerprint density at radius 2 is 1.31 bits per heavy atom. The molecule has 2 saturated heterocycles. The van der Waals surface area contributed by atoms with Gasteiger partial charge in [0.25, 0.3) is 0 Å². The van der Waals surface area contributed by atoms with Crippen LogP contribution in [0.25, 0.3) is 0 Å². The highest BCUT2D eigenvalue weighted by Crippen LogP contribution is 2.49. The summed E-state index contributed by atoms with van der Waals surface area (Å²) in [5.41, 5.74) is 0.840. The van der Waals surface area contributed by atoms with Crippen LogP contribution in [0.2, 0.25) is 54.4 Å². The highest BCUT2D eigenvalue weighted by atomic mass is 28.4. The van der Waals surface area contributed by atoms with Crippen LogP contribution in [0.1, 0.15) is 115 Å². The minimum absolute atomic E-state index is 0.0550. The average molecular weight is 687 g/mol. The molecule has 266 valence electrons. The maximum Gasteiger partial charge on any atom is 0.192 e. The van der Waals surface area contributed by atoms with Crippen molar-refractivity contribution >= 4 is 25.0 Å². The predicted octanol–water partition coefficient (Wildman–Crippen LogP) is 10.2. The molecule has 2 heterocycles. The molecule has 2 fully saturated rings. The smallest absolute Gasteiger partial charge is 0.192 e. The van der Waals surface area contributed by atoms with Crippen molar-refractivity contribution in [3.63, 3.8) is 0 Å². The number of hydrogen-bond acceptors (Lipinski definition) is 6. The van der Waals surface area contributed by atoms with E-state index in [9.17, 15) is 5.11 Å². The van der Waals surface area contributed by atoms with E-state index in [-0.39, 0.29) is 36.4 Å². The van der Waals surface area contributed by atoms with Crippen LogP contribution < -0.4 is 0 Å². The fraction of sp³-hybridized carbons (Fsp3) is 0.944. The van der Waals surface area contributed by atoms with E-state index in [0.29, 0.717) is 12.8 Å². The Kier molecular flexibility index (Phi) is 16.7. The van der Waals surface area contributed by atoms with Gasteiger partial charge in [-0.1, -0.05) is 81.4 Å². The third-order valence-corrected chi connectivity index (χ3v) is 26.2. The Morgan fingerprint density at radius 3 is 1.80 bits per heavy atom. The molecule has 2 aliphatic heterocycles. The minimum atomic E-state index is -1.91. The molecule has 2 rings (SSSR count). The number of aliphatic hydroxyl groups is 1. The Morgan fingerprint density at radius 1 is 0.800 bits per heavy atom. The maximum absolute atomic E-state index is 10.0.